The monoisotopic (exact) mass is 394 g/mol. The Morgan fingerprint density at radius 3 is 2.35 bits per heavy atom. The minimum atomic E-state index is -3.73. The Balaban J connectivity index is 1.69. The topological polar surface area (TPSA) is 110 Å². The fourth-order valence-corrected chi connectivity index (χ4v) is 7.14. The zero-order valence-electron chi connectivity index (χ0n) is 13.8. The van der Waals surface area contributed by atoms with Crippen LogP contribution >= 0.6 is 0 Å². The quantitative estimate of drug-likeness (QED) is 0.809. The molecule has 1 N–H and O–H groups in total. The second-order valence-electron chi connectivity index (χ2n) is 6.13. The average molecular weight is 394 g/mol. The van der Waals surface area contributed by atoms with Gasteiger partial charge in [0.25, 0.3) is 5.91 Å². The maximum absolute atomic E-state index is 12.5. The highest BCUT2D eigenvalue weighted by atomic mass is 32.2. The molecule has 1 aliphatic rings. The lowest BCUT2D eigenvalue weighted by atomic mass is 10.2. The van der Waals surface area contributed by atoms with Gasteiger partial charge in [0.2, 0.25) is 0 Å². The molecule has 1 aromatic heterocycles. The van der Waals surface area contributed by atoms with E-state index in [2.05, 4.69) is 10.3 Å². The molecule has 9 heteroatoms. The highest BCUT2D eigenvalue weighted by Crippen LogP contribution is 2.25. The van der Waals surface area contributed by atoms with E-state index in [1.165, 1.54) is 24.3 Å². The summed E-state index contributed by atoms with van der Waals surface area (Å²) >= 11 is 0. The van der Waals surface area contributed by atoms with E-state index in [1.807, 2.05) is 0 Å². The molecule has 1 fully saturated rings. The Morgan fingerprint density at radius 2 is 1.77 bits per heavy atom. The number of aromatic nitrogens is 1. The first-order valence-electron chi connectivity index (χ1n) is 7.99. The predicted molar refractivity (Wildman–Crippen MR) is 96.1 cm³/mol. The number of carbonyl (C=O) groups is 1. The lowest BCUT2D eigenvalue weighted by molar-refractivity contribution is 0.0951. The molecule has 0 bridgehead atoms. The Labute approximate surface area is 152 Å². The fourth-order valence-electron chi connectivity index (χ4n) is 2.78. The zero-order valence-corrected chi connectivity index (χ0v) is 15.5. The number of rotatable bonds is 5. The zero-order chi connectivity index (χ0) is 18.8. The molecule has 3 rings (SSSR count). The molecule has 7 nitrogen and oxygen atoms in total. The largest absolute Gasteiger partial charge is 0.348 e. The Morgan fingerprint density at radius 1 is 1.12 bits per heavy atom. The molecule has 1 amide bonds. The van der Waals surface area contributed by atoms with Gasteiger partial charge in [0, 0.05) is 24.5 Å². The highest BCUT2D eigenvalue weighted by molar-refractivity contribution is 7.96. The molecule has 0 aliphatic carbocycles. The number of nitrogens with one attached hydrogen (secondary N) is 1. The second-order valence-corrected chi connectivity index (χ2v) is 10.6. The molecule has 0 spiro atoms. The summed E-state index contributed by atoms with van der Waals surface area (Å²) in [5, 5.41) is 1.83. The molecular formula is C17H18N2O5S2. The summed E-state index contributed by atoms with van der Waals surface area (Å²) < 4.78 is 48.1. The van der Waals surface area contributed by atoms with Gasteiger partial charge in [0.05, 0.1) is 21.7 Å². The molecule has 0 unspecified atom stereocenters. The third-order valence-corrected chi connectivity index (χ3v) is 8.47. The average Bonchev–Trinajstić information content (AvgIpc) is 3.01. The van der Waals surface area contributed by atoms with Crippen LogP contribution in [0.25, 0.3) is 0 Å². The van der Waals surface area contributed by atoms with Crippen LogP contribution in [0.1, 0.15) is 22.3 Å². The smallest absolute Gasteiger partial charge is 0.251 e. The van der Waals surface area contributed by atoms with Crippen LogP contribution in [0.2, 0.25) is 0 Å². The fraction of sp³-hybridized carbons (Fsp3) is 0.294. The van der Waals surface area contributed by atoms with E-state index in [1.54, 1.807) is 24.5 Å². The van der Waals surface area contributed by atoms with Crippen LogP contribution in [-0.2, 0) is 26.2 Å². The van der Waals surface area contributed by atoms with Crippen molar-refractivity contribution < 1.29 is 21.6 Å². The first-order chi connectivity index (χ1) is 12.3. The summed E-state index contributed by atoms with van der Waals surface area (Å²) in [4.78, 5) is 16.1. The van der Waals surface area contributed by atoms with Crippen LogP contribution in [-0.4, -0.2) is 44.5 Å². The van der Waals surface area contributed by atoms with Gasteiger partial charge in [-0.15, -0.1) is 0 Å². The first-order valence-corrected chi connectivity index (χ1v) is 11.4. The van der Waals surface area contributed by atoms with E-state index < -0.39 is 24.9 Å². The standard InChI is InChI=1S/C17H18N2O5S2/c20-17(19-11-13-5-8-18-9-6-13)14-1-3-15(4-2-14)26(23,24)16-7-10-25(21,22)12-16/h1-6,8-9,16H,7,10-12H2,(H,19,20)/t16-/m0/s1. The van der Waals surface area contributed by atoms with Crippen molar-refractivity contribution in [3.63, 3.8) is 0 Å². The molecule has 1 atom stereocenters. The third kappa shape index (κ3) is 4.10. The third-order valence-electron chi connectivity index (χ3n) is 4.28. The van der Waals surface area contributed by atoms with Crippen LogP contribution in [0.3, 0.4) is 0 Å². The highest BCUT2D eigenvalue weighted by Gasteiger charge is 2.37. The van der Waals surface area contributed by atoms with E-state index >= 15 is 0 Å². The van der Waals surface area contributed by atoms with E-state index in [0.717, 1.165) is 5.56 Å². The van der Waals surface area contributed by atoms with E-state index in [4.69, 9.17) is 0 Å². The number of hydrogen-bond acceptors (Lipinski definition) is 6. The number of amides is 1. The van der Waals surface area contributed by atoms with Crippen molar-refractivity contribution in [2.24, 2.45) is 0 Å². The molecule has 1 aliphatic heterocycles. The summed E-state index contributed by atoms with van der Waals surface area (Å²) in [5.41, 5.74) is 1.23. The van der Waals surface area contributed by atoms with Crippen molar-refractivity contribution in [1.29, 1.82) is 0 Å². The maximum Gasteiger partial charge on any atom is 0.251 e. The van der Waals surface area contributed by atoms with Gasteiger partial charge in [-0.25, -0.2) is 16.8 Å². The van der Waals surface area contributed by atoms with Gasteiger partial charge in [-0.05, 0) is 48.4 Å². The number of nitrogens with zero attached hydrogens (tertiary/aromatic N) is 1. The number of pyridine rings is 1. The minimum Gasteiger partial charge on any atom is -0.348 e. The molecule has 0 radical (unpaired) electrons. The van der Waals surface area contributed by atoms with Gasteiger partial charge in [-0.3, -0.25) is 9.78 Å². The van der Waals surface area contributed by atoms with Gasteiger partial charge in [-0.2, -0.15) is 0 Å². The van der Waals surface area contributed by atoms with Gasteiger partial charge in [-0.1, -0.05) is 0 Å². The Hall–Kier alpha value is -2.26. The number of sulfone groups is 2. The molecule has 2 heterocycles. The van der Waals surface area contributed by atoms with Crippen molar-refractivity contribution in [3.8, 4) is 0 Å². The number of benzene rings is 1. The number of hydrogen-bond donors (Lipinski definition) is 1. The molecule has 26 heavy (non-hydrogen) atoms. The van der Waals surface area contributed by atoms with Crippen LogP contribution in [0.15, 0.2) is 53.7 Å². The van der Waals surface area contributed by atoms with Crippen LogP contribution in [0.5, 0.6) is 0 Å². The summed E-state index contributed by atoms with van der Waals surface area (Å²) in [6.45, 7) is 0.335. The first kappa shape index (κ1) is 18.5. The molecule has 2 aromatic rings. The van der Waals surface area contributed by atoms with E-state index in [0.29, 0.717) is 12.1 Å². The van der Waals surface area contributed by atoms with Crippen molar-refractivity contribution in [3.05, 3.63) is 59.9 Å². The van der Waals surface area contributed by atoms with Crippen molar-refractivity contribution in [2.45, 2.75) is 23.1 Å². The van der Waals surface area contributed by atoms with Gasteiger partial charge in [0.15, 0.2) is 19.7 Å². The van der Waals surface area contributed by atoms with Crippen LogP contribution in [0, 0.1) is 0 Å². The Kier molecular flexibility index (Phi) is 5.10. The van der Waals surface area contributed by atoms with Gasteiger partial charge < -0.3 is 5.32 Å². The normalized spacial score (nSPS) is 19.2. The minimum absolute atomic E-state index is 0.0327. The van der Waals surface area contributed by atoms with E-state index in [-0.39, 0.29) is 28.7 Å². The second kappa shape index (κ2) is 7.16. The molecule has 1 aromatic carbocycles. The Bertz CT molecular complexity index is 1000. The summed E-state index contributed by atoms with van der Waals surface area (Å²) in [7, 11) is -7.01. The maximum atomic E-state index is 12.5. The van der Waals surface area contributed by atoms with Gasteiger partial charge in [0.1, 0.15) is 0 Å². The lowest BCUT2D eigenvalue weighted by Crippen LogP contribution is -2.24. The molecule has 1 saturated heterocycles. The van der Waals surface area contributed by atoms with E-state index in [9.17, 15) is 21.6 Å². The molecule has 0 saturated carbocycles. The number of carbonyl (C=O) groups excluding carboxylic acids is 1. The summed E-state index contributed by atoms with van der Waals surface area (Å²) in [6.07, 6.45) is 3.37. The van der Waals surface area contributed by atoms with Crippen LogP contribution in [0.4, 0.5) is 0 Å². The van der Waals surface area contributed by atoms with Crippen molar-refractivity contribution in [2.75, 3.05) is 11.5 Å². The lowest BCUT2D eigenvalue weighted by Gasteiger charge is -2.11. The SMILES string of the molecule is O=C(NCc1ccncc1)c1ccc(S(=O)(=O)[C@H]2CCS(=O)(=O)C2)cc1. The molecule has 138 valence electrons. The van der Waals surface area contributed by atoms with Gasteiger partial charge >= 0.3 is 0 Å². The predicted octanol–water partition coefficient (Wildman–Crippen LogP) is 0.972. The summed E-state index contributed by atoms with van der Waals surface area (Å²) in [5.74, 6) is -0.773. The van der Waals surface area contributed by atoms with Crippen molar-refractivity contribution in [1.82, 2.24) is 10.3 Å². The summed E-state index contributed by atoms with van der Waals surface area (Å²) in [6, 6.07) is 9.12. The van der Waals surface area contributed by atoms with Crippen LogP contribution < -0.4 is 5.32 Å². The molecular weight excluding hydrogens is 376 g/mol. The van der Waals surface area contributed by atoms with Crippen molar-refractivity contribution >= 4 is 25.6 Å².